The molecule has 8 heteroatoms. The molecule has 3 aromatic rings. The lowest BCUT2D eigenvalue weighted by Crippen LogP contribution is -2.06. The molecule has 4 rings (SSSR count). The summed E-state index contributed by atoms with van der Waals surface area (Å²) >= 11 is 0. The highest BCUT2D eigenvalue weighted by atomic mass is 19.4. The molecule has 0 amide bonds. The Morgan fingerprint density at radius 3 is 2.36 bits per heavy atom. The predicted molar refractivity (Wildman–Crippen MR) is 127 cm³/mol. The smallest absolute Gasteiger partial charge is 0.236 e. The maximum Gasteiger partial charge on any atom is 0.458 e. The number of aromatic nitrogens is 2. The largest absolute Gasteiger partial charge is 0.458 e. The number of halogens is 6. The molecule has 1 heterocycles. The second-order valence-corrected chi connectivity index (χ2v) is 9.01. The first kappa shape index (κ1) is 25.7. The first-order valence-corrected chi connectivity index (χ1v) is 11.9. The Balaban J connectivity index is 1.58. The summed E-state index contributed by atoms with van der Waals surface area (Å²) in [5.74, 6) is -0.795. The van der Waals surface area contributed by atoms with Gasteiger partial charge in [0.15, 0.2) is 11.6 Å². The van der Waals surface area contributed by atoms with Gasteiger partial charge in [-0.3, -0.25) is 0 Å². The van der Waals surface area contributed by atoms with Gasteiger partial charge in [-0.05, 0) is 54.3 Å². The van der Waals surface area contributed by atoms with Crippen LogP contribution in [-0.2, 0) is 0 Å². The van der Waals surface area contributed by atoms with E-state index in [-0.39, 0.29) is 16.8 Å². The van der Waals surface area contributed by atoms with Crippen LogP contribution in [0.15, 0.2) is 36.7 Å². The Morgan fingerprint density at radius 2 is 1.72 bits per heavy atom. The van der Waals surface area contributed by atoms with E-state index in [9.17, 15) is 26.3 Å². The number of allylic oxidation sites excluding steroid dienone is 2. The molecule has 0 N–H and O–H groups in total. The summed E-state index contributed by atoms with van der Waals surface area (Å²) in [5, 5.41) is -0.821. The normalized spacial score (nSPS) is 16.0. The van der Waals surface area contributed by atoms with Gasteiger partial charge in [0.2, 0.25) is 0 Å². The lowest BCUT2D eigenvalue weighted by molar-refractivity contribution is -0.0696. The van der Waals surface area contributed by atoms with Crippen LogP contribution in [0.2, 0.25) is 0 Å². The first-order valence-electron chi connectivity index (χ1n) is 11.9. The summed E-state index contributed by atoms with van der Waals surface area (Å²) in [7, 11) is 0. The molecule has 0 bridgehead atoms. The number of unbranched alkanes of at least 4 members (excludes halogenated alkanes) is 2. The van der Waals surface area contributed by atoms with Crippen LogP contribution in [0.1, 0.15) is 63.0 Å². The number of fused-ring (bicyclic) bond motifs is 1. The zero-order valence-electron chi connectivity index (χ0n) is 19.7. The molecule has 188 valence electrons. The summed E-state index contributed by atoms with van der Waals surface area (Å²) in [6, 6.07) is 3.02. The fourth-order valence-electron chi connectivity index (χ4n) is 4.53. The molecule has 0 saturated carbocycles. The third-order valence-electron chi connectivity index (χ3n) is 6.43. The number of hydrogen-bond acceptors (Lipinski definition) is 2. The van der Waals surface area contributed by atoms with Gasteiger partial charge in [0, 0.05) is 29.4 Å². The molecule has 0 aliphatic heterocycles. The van der Waals surface area contributed by atoms with Gasteiger partial charge in [-0.15, -0.1) is 0 Å². The van der Waals surface area contributed by atoms with E-state index in [1.54, 1.807) is 12.4 Å². The lowest BCUT2D eigenvalue weighted by atomic mass is 9.84. The first-order chi connectivity index (χ1) is 17.2. The van der Waals surface area contributed by atoms with Crippen molar-refractivity contribution < 1.29 is 26.3 Å². The van der Waals surface area contributed by atoms with Crippen LogP contribution >= 0.6 is 0 Å². The van der Waals surface area contributed by atoms with E-state index < -0.39 is 34.6 Å². The quantitative estimate of drug-likeness (QED) is 0.192. The number of hydrogen-bond donors (Lipinski definition) is 0. The maximum atomic E-state index is 14.8. The monoisotopic (exact) mass is 502 g/mol. The summed E-state index contributed by atoms with van der Waals surface area (Å²) in [4.78, 5) is 8.63. The molecule has 0 radical (unpaired) electrons. The van der Waals surface area contributed by atoms with Crippen LogP contribution < -0.4 is 0 Å². The van der Waals surface area contributed by atoms with Gasteiger partial charge in [0.1, 0.15) is 11.6 Å². The van der Waals surface area contributed by atoms with E-state index in [1.807, 2.05) is 0 Å². The van der Waals surface area contributed by atoms with E-state index in [2.05, 4.69) is 23.0 Å². The van der Waals surface area contributed by atoms with E-state index in [0.29, 0.717) is 5.92 Å². The SMILES string of the molecule is CCCCCC1CC=C(c2cnc(-c3cc(F)c4c(F)c(C#CC(F)(F)F)c(F)cc4c3)nc2)CC1. The fourth-order valence-corrected chi connectivity index (χ4v) is 4.53. The molecule has 1 atom stereocenters. The minimum absolute atomic E-state index is 0.162. The Labute approximate surface area is 205 Å². The van der Waals surface area contributed by atoms with Crippen molar-refractivity contribution in [3.8, 4) is 23.2 Å². The molecule has 1 aromatic heterocycles. The lowest BCUT2D eigenvalue weighted by Gasteiger charge is -2.21. The second kappa shape index (κ2) is 10.7. The Morgan fingerprint density at radius 1 is 0.972 bits per heavy atom. The van der Waals surface area contributed by atoms with E-state index >= 15 is 0 Å². The standard InChI is InChI=1S/C28H24F6N2/c1-2-3-4-5-17-6-8-18(9-7-17)21-15-35-27(36-16-21)20-12-19-13-23(29)22(10-11-28(32,33)34)26(31)25(19)24(30)14-20/h8,12-17H,2-7,9H2,1H3. The molecule has 1 aliphatic rings. The molecule has 0 spiro atoms. The highest BCUT2D eigenvalue weighted by molar-refractivity contribution is 5.89. The Hall–Kier alpha value is -3.34. The van der Waals surface area contributed by atoms with Crippen molar-refractivity contribution in [3.05, 3.63) is 65.2 Å². The van der Waals surface area contributed by atoms with Crippen LogP contribution in [0, 0.1) is 35.2 Å². The molecular formula is C28H24F6N2. The molecule has 0 saturated heterocycles. The Bertz CT molecular complexity index is 1350. The molecule has 0 fully saturated rings. The van der Waals surface area contributed by atoms with Crippen LogP contribution in [0.25, 0.3) is 27.7 Å². The van der Waals surface area contributed by atoms with Crippen molar-refractivity contribution in [2.45, 2.75) is 58.0 Å². The number of benzene rings is 2. The topological polar surface area (TPSA) is 25.8 Å². The third-order valence-corrected chi connectivity index (χ3v) is 6.43. The van der Waals surface area contributed by atoms with Crippen molar-refractivity contribution in [2.24, 2.45) is 5.92 Å². The minimum Gasteiger partial charge on any atom is -0.236 e. The number of alkyl halides is 3. The van der Waals surface area contributed by atoms with E-state index in [0.717, 1.165) is 48.5 Å². The second-order valence-electron chi connectivity index (χ2n) is 9.01. The predicted octanol–water partition coefficient (Wildman–Crippen LogP) is 8.39. The summed E-state index contributed by atoms with van der Waals surface area (Å²) < 4.78 is 80.9. The summed E-state index contributed by atoms with van der Waals surface area (Å²) in [5.41, 5.74) is 1.08. The van der Waals surface area contributed by atoms with Crippen LogP contribution in [-0.4, -0.2) is 16.1 Å². The van der Waals surface area contributed by atoms with Gasteiger partial charge >= 0.3 is 6.18 Å². The van der Waals surface area contributed by atoms with Crippen LogP contribution in [0.4, 0.5) is 26.3 Å². The average molecular weight is 503 g/mol. The van der Waals surface area contributed by atoms with Crippen molar-refractivity contribution in [2.75, 3.05) is 0 Å². The van der Waals surface area contributed by atoms with Crippen molar-refractivity contribution in [3.63, 3.8) is 0 Å². The van der Waals surface area contributed by atoms with Gasteiger partial charge in [0.25, 0.3) is 0 Å². The highest BCUT2D eigenvalue weighted by Gasteiger charge is 2.24. The van der Waals surface area contributed by atoms with Gasteiger partial charge in [-0.25, -0.2) is 23.1 Å². The summed E-state index contributed by atoms with van der Waals surface area (Å²) in [6.07, 6.45) is 8.58. The molecular weight excluding hydrogens is 478 g/mol. The van der Waals surface area contributed by atoms with Crippen LogP contribution in [0.3, 0.4) is 0 Å². The molecule has 1 aliphatic carbocycles. The highest BCUT2D eigenvalue weighted by Crippen LogP contribution is 2.34. The maximum absolute atomic E-state index is 14.8. The molecule has 36 heavy (non-hydrogen) atoms. The third kappa shape index (κ3) is 5.89. The average Bonchev–Trinajstić information content (AvgIpc) is 2.83. The Kier molecular flexibility index (Phi) is 7.67. The van der Waals surface area contributed by atoms with Gasteiger partial charge in [0.05, 0.1) is 10.9 Å². The van der Waals surface area contributed by atoms with E-state index in [4.69, 9.17) is 0 Å². The minimum atomic E-state index is -4.94. The molecule has 2 nitrogen and oxygen atoms in total. The van der Waals surface area contributed by atoms with Crippen molar-refractivity contribution in [1.29, 1.82) is 0 Å². The number of nitrogens with zero attached hydrogens (tertiary/aromatic N) is 2. The zero-order chi connectivity index (χ0) is 25.9. The molecule has 2 aromatic carbocycles. The van der Waals surface area contributed by atoms with Crippen molar-refractivity contribution in [1.82, 2.24) is 9.97 Å². The van der Waals surface area contributed by atoms with Gasteiger partial charge in [-0.2, -0.15) is 13.2 Å². The number of rotatable bonds is 6. The van der Waals surface area contributed by atoms with Gasteiger partial charge in [-0.1, -0.05) is 44.6 Å². The fraction of sp³-hybridized carbons (Fsp3) is 0.357. The summed E-state index contributed by atoms with van der Waals surface area (Å²) in [6.45, 7) is 2.19. The zero-order valence-corrected chi connectivity index (χ0v) is 19.7. The van der Waals surface area contributed by atoms with Gasteiger partial charge < -0.3 is 0 Å². The van der Waals surface area contributed by atoms with E-state index in [1.165, 1.54) is 37.7 Å². The van der Waals surface area contributed by atoms with Crippen LogP contribution in [0.5, 0.6) is 0 Å². The molecule has 1 unspecified atom stereocenters. The van der Waals surface area contributed by atoms with Crippen molar-refractivity contribution >= 4 is 16.3 Å².